The number of ketones is 1. The third kappa shape index (κ3) is 6.54. The molecule has 0 aromatic heterocycles. The van der Waals surface area contributed by atoms with E-state index in [-0.39, 0.29) is 19.2 Å². The summed E-state index contributed by atoms with van der Waals surface area (Å²) in [5, 5.41) is 7.71. The predicted octanol–water partition coefficient (Wildman–Crippen LogP) is 1.82. The molecule has 4 rings (SSSR count). The highest BCUT2D eigenvalue weighted by atomic mass is 16.7. The van der Waals surface area contributed by atoms with Gasteiger partial charge >= 0.3 is 0 Å². The van der Waals surface area contributed by atoms with E-state index in [1.54, 1.807) is 12.1 Å². The number of morpholine rings is 1. The normalized spacial score (nSPS) is 19.9. The molecule has 1 aromatic carbocycles. The Morgan fingerprint density at radius 1 is 1.06 bits per heavy atom. The van der Waals surface area contributed by atoms with Crippen molar-refractivity contribution in [1.82, 2.24) is 21.1 Å². The summed E-state index contributed by atoms with van der Waals surface area (Å²) in [5.41, 5.74) is 3.50. The zero-order chi connectivity index (χ0) is 25.4. The molecule has 10 nitrogen and oxygen atoms in total. The Labute approximate surface area is 212 Å². The summed E-state index contributed by atoms with van der Waals surface area (Å²) in [6, 6.07) is 4.52. The molecular weight excluding hydrogens is 464 g/mol. The van der Waals surface area contributed by atoms with E-state index in [4.69, 9.17) is 14.2 Å². The first-order valence-corrected chi connectivity index (χ1v) is 13.1. The van der Waals surface area contributed by atoms with Gasteiger partial charge < -0.3 is 24.8 Å². The minimum atomic E-state index is -0.862. The van der Waals surface area contributed by atoms with Crippen molar-refractivity contribution in [1.29, 1.82) is 0 Å². The molecule has 2 aliphatic heterocycles. The molecule has 1 aliphatic carbocycles. The van der Waals surface area contributed by atoms with Crippen LogP contribution < -0.4 is 25.5 Å². The number of hydrazine groups is 1. The van der Waals surface area contributed by atoms with E-state index in [0.717, 1.165) is 37.7 Å². The van der Waals surface area contributed by atoms with Crippen LogP contribution in [0.15, 0.2) is 18.2 Å². The fourth-order valence-corrected chi connectivity index (χ4v) is 4.97. The Kier molecular flexibility index (Phi) is 9.17. The minimum Gasteiger partial charge on any atom is -0.454 e. The van der Waals surface area contributed by atoms with Crippen molar-refractivity contribution in [2.75, 3.05) is 33.1 Å². The molecule has 1 aromatic rings. The van der Waals surface area contributed by atoms with Crippen LogP contribution in [0, 0.1) is 0 Å². The predicted molar refractivity (Wildman–Crippen MR) is 132 cm³/mol. The van der Waals surface area contributed by atoms with Crippen LogP contribution in [0.25, 0.3) is 0 Å². The first kappa shape index (κ1) is 26.4. The average Bonchev–Trinajstić information content (AvgIpc) is 3.38. The monoisotopic (exact) mass is 502 g/mol. The number of carbonyl (C=O) groups excluding carboxylic acids is 3. The van der Waals surface area contributed by atoms with Gasteiger partial charge in [-0.2, -0.15) is 0 Å². The summed E-state index contributed by atoms with van der Waals surface area (Å²) in [5.74, 6) is -0.243. The van der Waals surface area contributed by atoms with Crippen LogP contribution in [0.5, 0.6) is 11.5 Å². The van der Waals surface area contributed by atoms with Gasteiger partial charge in [0.15, 0.2) is 11.5 Å². The van der Waals surface area contributed by atoms with E-state index in [0.29, 0.717) is 57.1 Å². The number of rotatable bonds is 11. The highest BCUT2D eigenvalue weighted by Crippen LogP contribution is 2.32. The number of benzene rings is 1. The number of ether oxygens (including phenoxy) is 3. The summed E-state index contributed by atoms with van der Waals surface area (Å²) >= 11 is 0. The van der Waals surface area contributed by atoms with E-state index in [9.17, 15) is 14.4 Å². The fraction of sp³-hybridized carbons (Fsp3) is 0.654. The van der Waals surface area contributed by atoms with Crippen molar-refractivity contribution in [2.24, 2.45) is 0 Å². The number of Topliss-reactive ketones (excluding diaryl/α,β-unsaturated/α-hetero) is 1. The largest absolute Gasteiger partial charge is 0.454 e. The molecule has 36 heavy (non-hydrogen) atoms. The van der Waals surface area contributed by atoms with E-state index >= 15 is 0 Å². The molecule has 1 saturated carbocycles. The van der Waals surface area contributed by atoms with E-state index in [2.05, 4.69) is 21.1 Å². The van der Waals surface area contributed by atoms with Crippen molar-refractivity contribution < 1.29 is 28.6 Å². The number of amides is 2. The molecule has 3 aliphatic rings. The van der Waals surface area contributed by atoms with Crippen LogP contribution >= 0.6 is 0 Å². The Balaban J connectivity index is 1.39. The first-order chi connectivity index (χ1) is 17.5. The molecule has 0 unspecified atom stereocenters. The van der Waals surface area contributed by atoms with Crippen LogP contribution in [0.4, 0.5) is 0 Å². The number of unbranched alkanes of at least 4 members (excludes halogenated alkanes) is 1. The van der Waals surface area contributed by atoms with E-state index in [1.807, 2.05) is 13.0 Å². The van der Waals surface area contributed by atoms with Crippen molar-refractivity contribution in [3.8, 4) is 11.5 Å². The summed E-state index contributed by atoms with van der Waals surface area (Å²) in [6.45, 7) is 5.01. The highest BCUT2D eigenvalue weighted by molar-refractivity contribution is 6.38. The molecule has 0 bridgehead atoms. The molecule has 2 heterocycles. The maximum absolute atomic E-state index is 13.6. The molecule has 3 N–H and O–H groups in total. The lowest BCUT2D eigenvalue weighted by Crippen LogP contribution is -2.66. The van der Waals surface area contributed by atoms with Gasteiger partial charge in [0.05, 0.1) is 19.3 Å². The van der Waals surface area contributed by atoms with Crippen molar-refractivity contribution in [3.05, 3.63) is 23.8 Å². The Morgan fingerprint density at radius 3 is 2.56 bits per heavy atom. The number of fused-ring (bicyclic) bond motifs is 1. The van der Waals surface area contributed by atoms with Gasteiger partial charge in [0.2, 0.25) is 18.5 Å². The maximum Gasteiger partial charge on any atom is 0.289 e. The van der Waals surface area contributed by atoms with Gasteiger partial charge in [0, 0.05) is 19.6 Å². The lowest BCUT2D eigenvalue weighted by Gasteiger charge is -2.42. The molecule has 0 spiro atoms. The van der Waals surface area contributed by atoms with E-state index in [1.165, 1.54) is 0 Å². The summed E-state index contributed by atoms with van der Waals surface area (Å²) in [4.78, 5) is 39.6. The van der Waals surface area contributed by atoms with Gasteiger partial charge in [-0.15, -0.1) is 0 Å². The molecule has 0 radical (unpaired) electrons. The Morgan fingerprint density at radius 2 is 1.81 bits per heavy atom. The smallest absolute Gasteiger partial charge is 0.289 e. The van der Waals surface area contributed by atoms with Crippen LogP contribution in [0.2, 0.25) is 0 Å². The molecule has 10 heteroatoms. The van der Waals surface area contributed by atoms with Gasteiger partial charge in [-0.05, 0) is 37.0 Å². The second-order valence-corrected chi connectivity index (χ2v) is 9.76. The highest BCUT2D eigenvalue weighted by Gasteiger charge is 2.42. The number of hydrogen-bond acceptors (Lipinski definition) is 8. The van der Waals surface area contributed by atoms with Crippen molar-refractivity contribution >= 4 is 17.6 Å². The lowest BCUT2D eigenvalue weighted by atomic mass is 9.81. The standard InChI is InChI=1S/C26H38N4O6/c1-2-3-7-20(23(31)24(32)27-17-19-8-9-21-22(16-19)36-18-35-21)28-25(33)26(10-5-4-6-11-26)29-30-12-14-34-15-13-30/h8-9,16,20,29H,2-7,10-15,17-18H2,1H3,(H,27,32)(H,28,33)/t20-/m0/s1. The zero-order valence-electron chi connectivity index (χ0n) is 21.1. The Bertz CT molecular complexity index is 927. The Hall–Kier alpha value is -2.69. The average molecular weight is 503 g/mol. The van der Waals surface area contributed by atoms with Gasteiger partial charge in [-0.25, -0.2) is 10.4 Å². The quantitative estimate of drug-likeness (QED) is 0.392. The summed E-state index contributed by atoms with van der Waals surface area (Å²) in [6.07, 6.45) is 6.36. The first-order valence-electron chi connectivity index (χ1n) is 13.1. The van der Waals surface area contributed by atoms with Gasteiger partial charge in [-0.3, -0.25) is 14.4 Å². The lowest BCUT2D eigenvalue weighted by molar-refractivity contribution is -0.142. The molecular formula is C26H38N4O6. The number of carbonyl (C=O) groups is 3. The number of nitrogens with zero attached hydrogens (tertiary/aromatic N) is 1. The van der Waals surface area contributed by atoms with Crippen LogP contribution in [-0.2, 0) is 25.7 Å². The van der Waals surface area contributed by atoms with Crippen molar-refractivity contribution in [2.45, 2.75) is 76.4 Å². The molecule has 1 saturated heterocycles. The molecule has 1 atom stereocenters. The van der Waals surface area contributed by atoms with Crippen LogP contribution in [0.3, 0.4) is 0 Å². The van der Waals surface area contributed by atoms with Gasteiger partial charge in [0.1, 0.15) is 5.54 Å². The minimum absolute atomic E-state index is 0.171. The van der Waals surface area contributed by atoms with Crippen LogP contribution in [-0.4, -0.2) is 67.3 Å². The molecule has 2 amide bonds. The van der Waals surface area contributed by atoms with E-state index < -0.39 is 23.3 Å². The van der Waals surface area contributed by atoms with Crippen molar-refractivity contribution in [3.63, 3.8) is 0 Å². The number of nitrogens with one attached hydrogen (secondary N) is 3. The van der Waals surface area contributed by atoms with Crippen LogP contribution in [0.1, 0.15) is 63.9 Å². The summed E-state index contributed by atoms with van der Waals surface area (Å²) in [7, 11) is 0. The second kappa shape index (κ2) is 12.5. The SMILES string of the molecule is CCCC[C@H](NC(=O)C1(NN2CCOCC2)CCCCC1)C(=O)C(=O)NCc1ccc2c(c1)OCO2. The molecule has 2 fully saturated rings. The van der Waals surface area contributed by atoms with Gasteiger partial charge in [-0.1, -0.05) is 45.1 Å². The third-order valence-corrected chi connectivity index (χ3v) is 7.11. The second-order valence-electron chi connectivity index (χ2n) is 9.76. The zero-order valence-corrected chi connectivity index (χ0v) is 21.1. The van der Waals surface area contributed by atoms with Gasteiger partial charge in [0.25, 0.3) is 5.91 Å². The maximum atomic E-state index is 13.6. The molecule has 198 valence electrons. The number of hydrogen-bond donors (Lipinski definition) is 3. The summed E-state index contributed by atoms with van der Waals surface area (Å²) < 4.78 is 16.1. The topological polar surface area (TPSA) is 118 Å². The third-order valence-electron chi connectivity index (χ3n) is 7.11. The fourth-order valence-electron chi connectivity index (χ4n) is 4.97.